The molecule has 1 N–H and O–H groups in total. The number of nitrogens with zero attached hydrogens (tertiary/aromatic N) is 2. The number of aromatic nitrogens is 1. The van der Waals surface area contributed by atoms with Crippen LogP contribution in [0.3, 0.4) is 0 Å². The number of benzene rings is 1. The van der Waals surface area contributed by atoms with Crippen LogP contribution in [0.25, 0.3) is 0 Å². The molecule has 80 valence electrons. The monoisotopic (exact) mass is 211 g/mol. The molecule has 0 aliphatic carbocycles. The molecule has 0 spiro atoms. The van der Waals surface area contributed by atoms with Gasteiger partial charge in [0.25, 0.3) is 0 Å². The van der Waals surface area contributed by atoms with Gasteiger partial charge in [0.15, 0.2) is 0 Å². The van der Waals surface area contributed by atoms with Crippen molar-refractivity contribution >= 4 is 11.9 Å². The molecule has 0 amide bonds. The molecule has 16 heavy (non-hydrogen) atoms. The van der Waals surface area contributed by atoms with Crippen molar-refractivity contribution in [2.24, 2.45) is 5.10 Å². The standard InChI is InChI=1S/C13H13N3/c1-11-4-2-3-5-12(11)10-15-16-13-6-8-14-9-7-13/h2-10H,1H3,(H,14,16)/b15-10-. The molecule has 0 bridgehead atoms. The number of hydrazone groups is 1. The van der Waals surface area contributed by atoms with E-state index >= 15 is 0 Å². The molecule has 2 aromatic rings. The molecule has 0 atom stereocenters. The number of nitrogens with one attached hydrogen (secondary N) is 1. The maximum absolute atomic E-state index is 4.17. The maximum Gasteiger partial charge on any atom is 0.0592 e. The molecular formula is C13H13N3. The quantitative estimate of drug-likeness (QED) is 0.626. The summed E-state index contributed by atoms with van der Waals surface area (Å²) >= 11 is 0. The molecular weight excluding hydrogens is 198 g/mol. The van der Waals surface area contributed by atoms with Gasteiger partial charge in [-0.25, -0.2) is 0 Å². The van der Waals surface area contributed by atoms with Gasteiger partial charge in [-0.15, -0.1) is 0 Å². The van der Waals surface area contributed by atoms with Crippen LogP contribution in [0, 0.1) is 6.92 Å². The van der Waals surface area contributed by atoms with Gasteiger partial charge < -0.3 is 0 Å². The first-order chi connectivity index (χ1) is 7.86. The second kappa shape index (κ2) is 5.07. The van der Waals surface area contributed by atoms with Crippen LogP contribution in [0.2, 0.25) is 0 Å². The minimum Gasteiger partial charge on any atom is -0.278 e. The molecule has 1 aromatic carbocycles. The Hall–Kier alpha value is -2.16. The summed E-state index contributed by atoms with van der Waals surface area (Å²) < 4.78 is 0. The lowest BCUT2D eigenvalue weighted by molar-refractivity contribution is 1.28. The number of hydrogen-bond acceptors (Lipinski definition) is 3. The summed E-state index contributed by atoms with van der Waals surface area (Å²) in [7, 11) is 0. The van der Waals surface area contributed by atoms with Gasteiger partial charge in [-0.1, -0.05) is 24.3 Å². The summed E-state index contributed by atoms with van der Waals surface area (Å²) in [6, 6.07) is 11.9. The summed E-state index contributed by atoms with van der Waals surface area (Å²) in [4.78, 5) is 3.93. The van der Waals surface area contributed by atoms with Gasteiger partial charge in [-0.2, -0.15) is 5.10 Å². The molecule has 1 aromatic heterocycles. The van der Waals surface area contributed by atoms with Crippen molar-refractivity contribution in [1.82, 2.24) is 4.98 Å². The number of aryl methyl sites for hydroxylation is 1. The lowest BCUT2D eigenvalue weighted by Gasteiger charge is -2.00. The van der Waals surface area contributed by atoms with Crippen molar-refractivity contribution in [1.29, 1.82) is 0 Å². The Bertz CT molecular complexity index is 478. The van der Waals surface area contributed by atoms with Gasteiger partial charge >= 0.3 is 0 Å². The lowest BCUT2D eigenvalue weighted by Crippen LogP contribution is -1.92. The van der Waals surface area contributed by atoms with Crippen LogP contribution >= 0.6 is 0 Å². The second-order valence-electron chi connectivity index (χ2n) is 3.46. The predicted octanol–water partition coefficient (Wildman–Crippen LogP) is 2.84. The molecule has 0 saturated carbocycles. The Labute approximate surface area is 94.9 Å². The third-order valence-corrected chi connectivity index (χ3v) is 2.27. The highest BCUT2D eigenvalue weighted by Crippen LogP contribution is 2.05. The van der Waals surface area contributed by atoms with E-state index < -0.39 is 0 Å². The van der Waals surface area contributed by atoms with Crippen LogP contribution < -0.4 is 5.43 Å². The van der Waals surface area contributed by atoms with E-state index in [-0.39, 0.29) is 0 Å². The molecule has 2 rings (SSSR count). The van der Waals surface area contributed by atoms with Crippen LogP contribution in [0.4, 0.5) is 5.69 Å². The van der Waals surface area contributed by atoms with Crippen molar-refractivity contribution in [3.05, 3.63) is 59.9 Å². The molecule has 1 heterocycles. The molecule has 0 aliphatic rings. The number of hydrogen-bond donors (Lipinski definition) is 1. The number of anilines is 1. The van der Waals surface area contributed by atoms with Crippen LogP contribution in [-0.2, 0) is 0 Å². The molecule has 3 heteroatoms. The number of rotatable bonds is 3. The van der Waals surface area contributed by atoms with E-state index in [0.717, 1.165) is 11.3 Å². The van der Waals surface area contributed by atoms with Crippen LogP contribution in [0.15, 0.2) is 53.9 Å². The smallest absolute Gasteiger partial charge is 0.0592 e. The molecule has 3 nitrogen and oxygen atoms in total. The Morgan fingerprint density at radius 3 is 2.62 bits per heavy atom. The molecule has 0 unspecified atom stereocenters. The van der Waals surface area contributed by atoms with Crippen molar-refractivity contribution in [3.8, 4) is 0 Å². The first-order valence-corrected chi connectivity index (χ1v) is 5.11. The van der Waals surface area contributed by atoms with Crippen LogP contribution in [0.1, 0.15) is 11.1 Å². The van der Waals surface area contributed by atoms with E-state index in [1.165, 1.54) is 5.56 Å². The van der Waals surface area contributed by atoms with Crippen LogP contribution in [0.5, 0.6) is 0 Å². The Morgan fingerprint density at radius 1 is 1.12 bits per heavy atom. The maximum atomic E-state index is 4.17. The zero-order valence-corrected chi connectivity index (χ0v) is 9.09. The molecule has 0 saturated heterocycles. The summed E-state index contributed by atoms with van der Waals surface area (Å²) in [5.41, 5.74) is 6.21. The van der Waals surface area contributed by atoms with Crippen LogP contribution in [-0.4, -0.2) is 11.2 Å². The average Bonchev–Trinajstić information content (AvgIpc) is 2.33. The topological polar surface area (TPSA) is 37.3 Å². The fourth-order valence-electron chi connectivity index (χ4n) is 1.33. The first-order valence-electron chi connectivity index (χ1n) is 5.11. The second-order valence-corrected chi connectivity index (χ2v) is 3.46. The van der Waals surface area contributed by atoms with E-state index in [1.807, 2.05) is 36.5 Å². The van der Waals surface area contributed by atoms with Gasteiger partial charge in [0.05, 0.1) is 11.9 Å². The van der Waals surface area contributed by atoms with Gasteiger partial charge in [0, 0.05) is 12.4 Å². The van der Waals surface area contributed by atoms with E-state index in [0.29, 0.717) is 0 Å². The summed E-state index contributed by atoms with van der Waals surface area (Å²) in [6.07, 6.45) is 5.27. The predicted molar refractivity (Wildman–Crippen MR) is 66.6 cm³/mol. The molecule has 0 fully saturated rings. The largest absolute Gasteiger partial charge is 0.278 e. The zero-order valence-electron chi connectivity index (χ0n) is 9.09. The highest BCUT2D eigenvalue weighted by atomic mass is 15.3. The van der Waals surface area contributed by atoms with Gasteiger partial charge in [-0.3, -0.25) is 10.4 Å². The van der Waals surface area contributed by atoms with E-state index in [9.17, 15) is 0 Å². The van der Waals surface area contributed by atoms with Crippen molar-refractivity contribution in [2.45, 2.75) is 6.92 Å². The fourth-order valence-corrected chi connectivity index (χ4v) is 1.33. The third kappa shape index (κ3) is 2.67. The van der Waals surface area contributed by atoms with E-state index in [2.05, 4.69) is 28.5 Å². The SMILES string of the molecule is Cc1ccccc1/C=N\Nc1ccncc1. The van der Waals surface area contributed by atoms with Gasteiger partial charge in [0.2, 0.25) is 0 Å². The highest BCUT2D eigenvalue weighted by Gasteiger charge is 1.91. The lowest BCUT2D eigenvalue weighted by atomic mass is 10.1. The first kappa shape index (κ1) is 10.4. The summed E-state index contributed by atoms with van der Waals surface area (Å²) in [5, 5.41) is 4.17. The summed E-state index contributed by atoms with van der Waals surface area (Å²) in [5.74, 6) is 0. The normalized spacial score (nSPS) is 10.6. The van der Waals surface area contributed by atoms with Crippen molar-refractivity contribution in [3.63, 3.8) is 0 Å². The minimum atomic E-state index is 0.930. The Balaban J connectivity index is 2.03. The Morgan fingerprint density at radius 2 is 1.88 bits per heavy atom. The van der Waals surface area contributed by atoms with E-state index in [4.69, 9.17) is 0 Å². The van der Waals surface area contributed by atoms with Gasteiger partial charge in [0.1, 0.15) is 0 Å². The molecule has 0 aliphatic heterocycles. The fraction of sp³-hybridized carbons (Fsp3) is 0.0769. The van der Waals surface area contributed by atoms with E-state index in [1.54, 1.807) is 12.4 Å². The average molecular weight is 211 g/mol. The zero-order chi connectivity index (χ0) is 11.2. The van der Waals surface area contributed by atoms with Crippen molar-refractivity contribution in [2.75, 3.05) is 5.43 Å². The molecule has 0 radical (unpaired) electrons. The number of pyridine rings is 1. The van der Waals surface area contributed by atoms with Crippen molar-refractivity contribution < 1.29 is 0 Å². The summed E-state index contributed by atoms with van der Waals surface area (Å²) in [6.45, 7) is 2.06. The van der Waals surface area contributed by atoms with Gasteiger partial charge in [-0.05, 0) is 30.2 Å². The highest BCUT2D eigenvalue weighted by molar-refractivity contribution is 5.82. The Kier molecular flexibility index (Phi) is 3.28. The third-order valence-electron chi connectivity index (χ3n) is 2.27. The minimum absolute atomic E-state index is 0.930.